The lowest BCUT2D eigenvalue weighted by molar-refractivity contribution is -0.125. The van der Waals surface area contributed by atoms with Crippen LogP contribution in [0.2, 0.25) is 0 Å². The second-order valence-corrected chi connectivity index (χ2v) is 4.99. The van der Waals surface area contributed by atoms with Crippen molar-refractivity contribution in [3.8, 4) is 11.5 Å². The molecule has 106 valence electrons. The fraction of sp³-hybridized carbons (Fsp3) is 0.500. The van der Waals surface area contributed by atoms with Crippen LogP contribution in [-0.2, 0) is 4.79 Å². The summed E-state index contributed by atoms with van der Waals surface area (Å²) in [6.07, 6.45) is 0. The molecule has 0 aliphatic heterocycles. The normalized spacial score (nSPS) is 11.1. The molecular weight excluding hydrogens is 244 g/mol. The van der Waals surface area contributed by atoms with Gasteiger partial charge in [0, 0.05) is 19.7 Å². The zero-order valence-corrected chi connectivity index (χ0v) is 12.2. The van der Waals surface area contributed by atoms with Crippen molar-refractivity contribution in [3.63, 3.8) is 0 Å². The molecule has 0 unspecified atom stereocenters. The van der Waals surface area contributed by atoms with Crippen LogP contribution in [0.5, 0.6) is 11.5 Å². The van der Waals surface area contributed by atoms with Gasteiger partial charge in [-0.25, -0.2) is 0 Å². The van der Waals surface area contributed by atoms with E-state index in [0.717, 1.165) is 0 Å². The van der Waals surface area contributed by atoms with Crippen LogP contribution in [0.1, 0.15) is 13.8 Å². The van der Waals surface area contributed by atoms with E-state index in [0.29, 0.717) is 17.2 Å². The Kier molecular flexibility index (Phi) is 4.78. The highest BCUT2D eigenvalue weighted by atomic mass is 16.5. The summed E-state index contributed by atoms with van der Waals surface area (Å²) in [4.78, 5) is 14.0. The lowest BCUT2D eigenvalue weighted by atomic mass is 9.92. The van der Waals surface area contributed by atoms with E-state index < -0.39 is 5.41 Å². The van der Waals surface area contributed by atoms with Crippen molar-refractivity contribution in [3.05, 3.63) is 18.2 Å². The summed E-state index contributed by atoms with van der Waals surface area (Å²) < 4.78 is 10.5. The summed E-state index contributed by atoms with van der Waals surface area (Å²) in [5.74, 6) is 1.21. The first-order valence-electron chi connectivity index (χ1n) is 6.07. The van der Waals surface area contributed by atoms with E-state index in [1.165, 1.54) is 0 Å². The average molecular weight is 266 g/mol. The van der Waals surface area contributed by atoms with Crippen LogP contribution in [0.15, 0.2) is 18.2 Å². The highest BCUT2D eigenvalue weighted by Crippen LogP contribution is 2.33. The molecule has 0 aliphatic rings. The van der Waals surface area contributed by atoms with Crippen molar-refractivity contribution in [2.75, 3.05) is 32.7 Å². The van der Waals surface area contributed by atoms with E-state index in [9.17, 15) is 4.79 Å². The molecule has 0 radical (unpaired) electrons. The average Bonchev–Trinajstić information content (AvgIpc) is 2.44. The van der Waals surface area contributed by atoms with Crippen LogP contribution in [-0.4, -0.2) is 33.7 Å². The topological polar surface area (TPSA) is 64.8 Å². The first-order chi connectivity index (χ1) is 8.87. The molecule has 0 spiro atoms. The van der Waals surface area contributed by atoms with Gasteiger partial charge in [0.1, 0.15) is 11.5 Å². The van der Waals surface area contributed by atoms with Crippen molar-refractivity contribution >= 4 is 11.6 Å². The number of amides is 1. The monoisotopic (exact) mass is 266 g/mol. The number of hydrogen-bond acceptors (Lipinski definition) is 4. The molecule has 1 aromatic rings. The van der Waals surface area contributed by atoms with Gasteiger partial charge in [-0.05, 0) is 26.0 Å². The molecule has 0 bridgehead atoms. The standard InChI is InChI=1S/C14H22N2O3/c1-14(2,9-15)13(17)16(3)11-8-10(18-4)6-7-12(11)19-5/h6-8H,9,15H2,1-5H3. The first kappa shape index (κ1) is 15.3. The van der Waals surface area contributed by atoms with Gasteiger partial charge in [-0.1, -0.05) is 0 Å². The fourth-order valence-corrected chi connectivity index (χ4v) is 1.71. The quantitative estimate of drug-likeness (QED) is 0.880. The maximum Gasteiger partial charge on any atom is 0.233 e. The van der Waals surface area contributed by atoms with Crippen LogP contribution in [0.4, 0.5) is 5.69 Å². The molecule has 0 atom stereocenters. The Morgan fingerprint density at radius 1 is 1.32 bits per heavy atom. The predicted molar refractivity (Wildman–Crippen MR) is 75.8 cm³/mol. The van der Waals surface area contributed by atoms with Gasteiger partial charge in [0.15, 0.2) is 0 Å². The summed E-state index contributed by atoms with van der Waals surface area (Å²) in [6, 6.07) is 5.32. The van der Waals surface area contributed by atoms with Gasteiger partial charge in [-0.3, -0.25) is 4.79 Å². The minimum Gasteiger partial charge on any atom is -0.497 e. The second-order valence-electron chi connectivity index (χ2n) is 4.99. The van der Waals surface area contributed by atoms with Gasteiger partial charge in [-0.2, -0.15) is 0 Å². The molecule has 1 amide bonds. The third-order valence-corrected chi connectivity index (χ3v) is 3.14. The SMILES string of the molecule is COc1ccc(OC)c(N(C)C(=O)C(C)(C)CN)c1. The molecule has 5 nitrogen and oxygen atoms in total. The predicted octanol–water partition coefficient (Wildman–Crippen LogP) is 1.65. The van der Waals surface area contributed by atoms with Crippen LogP contribution in [0.3, 0.4) is 0 Å². The number of methoxy groups -OCH3 is 2. The van der Waals surface area contributed by atoms with Crippen molar-refractivity contribution in [2.24, 2.45) is 11.1 Å². The van der Waals surface area contributed by atoms with E-state index in [1.54, 1.807) is 44.4 Å². The largest absolute Gasteiger partial charge is 0.497 e. The highest BCUT2D eigenvalue weighted by Gasteiger charge is 2.30. The first-order valence-corrected chi connectivity index (χ1v) is 6.07. The molecule has 0 aromatic heterocycles. The lowest BCUT2D eigenvalue weighted by Gasteiger charge is -2.29. The molecule has 5 heteroatoms. The van der Waals surface area contributed by atoms with E-state index in [2.05, 4.69) is 0 Å². The van der Waals surface area contributed by atoms with E-state index >= 15 is 0 Å². The van der Waals surface area contributed by atoms with Crippen LogP contribution < -0.4 is 20.1 Å². The molecule has 0 saturated heterocycles. The Morgan fingerprint density at radius 3 is 2.42 bits per heavy atom. The van der Waals surface area contributed by atoms with Crippen LogP contribution in [0, 0.1) is 5.41 Å². The Bertz CT molecular complexity index is 458. The number of benzene rings is 1. The van der Waals surface area contributed by atoms with Gasteiger partial charge < -0.3 is 20.1 Å². The summed E-state index contributed by atoms with van der Waals surface area (Å²) in [6.45, 7) is 3.92. The number of carbonyl (C=O) groups excluding carboxylic acids is 1. The second kappa shape index (κ2) is 5.93. The third kappa shape index (κ3) is 3.17. The maximum atomic E-state index is 12.4. The molecule has 0 aliphatic carbocycles. The zero-order valence-electron chi connectivity index (χ0n) is 12.2. The van der Waals surface area contributed by atoms with Crippen molar-refractivity contribution in [1.82, 2.24) is 0 Å². The Balaban J connectivity index is 3.17. The summed E-state index contributed by atoms with van der Waals surface area (Å²) >= 11 is 0. The number of nitrogens with zero attached hydrogens (tertiary/aromatic N) is 1. The molecule has 0 saturated carbocycles. The summed E-state index contributed by atoms with van der Waals surface area (Å²) in [5.41, 5.74) is 5.68. The van der Waals surface area contributed by atoms with Crippen LogP contribution in [0.25, 0.3) is 0 Å². The highest BCUT2D eigenvalue weighted by molar-refractivity contribution is 5.98. The number of carbonyl (C=O) groups is 1. The van der Waals surface area contributed by atoms with Crippen molar-refractivity contribution in [1.29, 1.82) is 0 Å². The lowest BCUT2D eigenvalue weighted by Crippen LogP contribution is -2.43. The summed E-state index contributed by atoms with van der Waals surface area (Å²) in [5, 5.41) is 0. The maximum absolute atomic E-state index is 12.4. The Hall–Kier alpha value is -1.75. The smallest absolute Gasteiger partial charge is 0.233 e. The van der Waals surface area contributed by atoms with Gasteiger partial charge in [0.25, 0.3) is 0 Å². The number of rotatable bonds is 5. The Labute approximate surface area is 114 Å². The molecule has 2 N–H and O–H groups in total. The summed E-state index contributed by atoms with van der Waals surface area (Å²) in [7, 11) is 4.85. The van der Waals surface area contributed by atoms with Crippen LogP contribution >= 0.6 is 0 Å². The van der Waals surface area contributed by atoms with E-state index in [4.69, 9.17) is 15.2 Å². The van der Waals surface area contributed by atoms with Gasteiger partial charge in [-0.15, -0.1) is 0 Å². The number of nitrogens with two attached hydrogens (primary N) is 1. The fourth-order valence-electron chi connectivity index (χ4n) is 1.71. The molecule has 1 rings (SSSR count). The van der Waals surface area contributed by atoms with Gasteiger partial charge in [0.2, 0.25) is 5.91 Å². The number of hydrogen-bond donors (Lipinski definition) is 1. The molecule has 19 heavy (non-hydrogen) atoms. The minimum absolute atomic E-state index is 0.0680. The van der Waals surface area contributed by atoms with Gasteiger partial charge in [0.05, 0.1) is 25.3 Å². The van der Waals surface area contributed by atoms with E-state index in [-0.39, 0.29) is 12.5 Å². The molecular formula is C14H22N2O3. The van der Waals surface area contributed by atoms with Gasteiger partial charge >= 0.3 is 0 Å². The molecule has 0 fully saturated rings. The zero-order chi connectivity index (χ0) is 14.6. The van der Waals surface area contributed by atoms with E-state index in [1.807, 2.05) is 13.8 Å². The molecule has 1 aromatic carbocycles. The number of ether oxygens (including phenoxy) is 2. The van der Waals surface area contributed by atoms with Crippen molar-refractivity contribution < 1.29 is 14.3 Å². The molecule has 0 heterocycles. The minimum atomic E-state index is -0.622. The third-order valence-electron chi connectivity index (χ3n) is 3.14. The van der Waals surface area contributed by atoms with Crippen molar-refractivity contribution in [2.45, 2.75) is 13.8 Å². The Morgan fingerprint density at radius 2 is 1.95 bits per heavy atom. The number of anilines is 1.